The Morgan fingerprint density at radius 2 is 1.90 bits per heavy atom. The first-order chi connectivity index (χ1) is 14.8. The molecule has 1 atom stereocenters. The number of rotatable bonds is 10. The van der Waals surface area contributed by atoms with Gasteiger partial charge < -0.3 is 20.3 Å². The van der Waals surface area contributed by atoms with Crippen LogP contribution in [0, 0.1) is 13.8 Å². The molecule has 0 aliphatic carbocycles. The first-order valence-corrected chi connectivity index (χ1v) is 10.8. The zero-order valence-corrected chi connectivity index (χ0v) is 18.3. The number of thiophene rings is 1. The standard InChI is InChI=1S/C24H25NO5S/c1-15-5-3-4-6-19(15)20(7-8-22(26)27)30-21-12-18(11-16(2)23(21)24(25)28)29-13-17-9-10-31-14-17/h3-6,9-12,14,20H,7-8,13H2,1-2H3,(H2,25,28)(H,26,27). The Hall–Kier alpha value is -3.32. The maximum Gasteiger partial charge on any atom is 0.303 e. The third-order valence-electron chi connectivity index (χ3n) is 4.93. The number of amides is 1. The van der Waals surface area contributed by atoms with Crippen molar-refractivity contribution in [2.45, 2.75) is 39.4 Å². The maximum atomic E-state index is 12.2. The number of carbonyl (C=O) groups excluding carboxylic acids is 1. The van der Waals surface area contributed by atoms with E-state index in [1.165, 1.54) is 0 Å². The summed E-state index contributed by atoms with van der Waals surface area (Å²) in [6.45, 7) is 4.09. The summed E-state index contributed by atoms with van der Waals surface area (Å²) in [5, 5.41) is 13.2. The van der Waals surface area contributed by atoms with Gasteiger partial charge in [0.15, 0.2) is 0 Å². The molecule has 162 valence electrons. The van der Waals surface area contributed by atoms with Gasteiger partial charge in [-0.3, -0.25) is 9.59 Å². The van der Waals surface area contributed by atoms with Crippen LogP contribution in [0.15, 0.2) is 53.2 Å². The van der Waals surface area contributed by atoms with Crippen LogP contribution in [0.1, 0.15) is 51.6 Å². The fourth-order valence-electron chi connectivity index (χ4n) is 3.39. The highest BCUT2D eigenvalue weighted by atomic mass is 32.1. The fraction of sp³-hybridized carbons (Fsp3) is 0.250. The minimum Gasteiger partial charge on any atom is -0.489 e. The van der Waals surface area contributed by atoms with E-state index in [-0.39, 0.29) is 24.2 Å². The number of nitrogens with two attached hydrogens (primary N) is 1. The van der Waals surface area contributed by atoms with Gasteiger partial charge in [0.05, 0.1) is 5.56 Å². The number of aliphatic carboxylic acids is 1. The summed E-state index contributed by atoms with van der Waals surface area (Å²) >= 11 is 1.59. The number of aryl methyl sites for hydroxylation is 2. The molecule has 3 rings (SSSR count). The predicted octanol–water partition coefficient (Wildman–Crippen LogP) is 5.03. The highest BCUT2D eigenvalue weighted by Crippen LogP contribution is 2.35. The van der Waals surface area contributed by atoms with E-state index >= 15 is 0 Å². The number of primary amides is 1. The third kappa shape index (κ3) is 5.86. The monoisotopic (exact) mass is 439 g/mol. The normalized spacial score (nSPS) is 11.7. The summed E-state index contributed by atoms with van der Waals surface area (Å²) in [7, 11) is 0. The molecule has 2 aromatic carbocycles. The second-order valence-electron chi connectivity index (χ2n) is 7.29. The average Bonchev–Trinajstić information content (AvgIpc) is 3.23. The number of carbonyl (C=O) groups is 2. The lowest BCUT2D eigenvalue weighted by Gasteiger charge is -2.23. The van der Waals surface area contributed by atoms with Crippen molar-refractivity contribution in [3.63, 3.8) is 0 Å². The smallest absolute Gasteiger partial charge is 0.303 e. The minimum absolute atomic E-state index is 0.0712. The first-order valence-electron chi connectivity index (χ1n) is 9.87. The van der Waals surface area contributed by atoms with E-state index in [4.69, 9.17) is 15.2 Å². The zero-order valence-electron chi connectivity index (χ0n) is 17.5. The molecule has 1 amide bonds. The van der Waals surface area contributed by atoms with Crippen molar-refractivity contribution in [2.24, 2.45) is 5.73 Å². The van der Waals surface area contributed by atoms with Gasteiger partial charge >= 0.3 is 5.97 Å². The minimum atomic E-state index is -0.915. The van der Waals surface area contributed by atoms with Crippen LogP contribution in [0.25, 0.3) is 0 Å². The van der Waals surface area contributed by atoms with Gasteiger partial charge in [0, 0.05) is 12.5 Å². The van der Waals surface area contributed by atoms with E-state index in [0.717, 1.165) is 16.7 Å². The van der Waals surface area contributed by atoms with Crippen LogP contribution in [-0.2, 0) is 11.4 Å². The van der Waals surface area contributed by atoms with Crippen molar-refractivity contribution in [1.29, 1.82) is 0 Å². The van der Waals surface area contributed by atoms with Crippen LogP contribution in [0.3, 0.4) is 0 Å². The van der Waals surface area contributed by atoms with E-state index in [2.05, 4.69) is 0 Å². The molecule has 1 heterocycles. The van der Waals surface area contributed by atoms with E-state index in [1.54, 1.807) is 30.4 Å². The zero-order chi connectivity index (χ0) is 22.4. The second kappa shape index (κ2) is 10.1. The van der Waals surface area contributed by atoms with Gasteiger partial charge in [0.2, 0.25) is 0 Å². The highest BCUT2D eigenvalue weighted by molar-refractivity contribution is 7.07. The SMILES string of the molecule is Cc1ccccc1C(CCC(=O)O)Oc1cc(OCc2ccsc2)cc(C)c1C(N)=O. The molecule has 1 unspecified atom stereocenters. The maximum absolute atomic E-state index is 12.2. The molecule has 3 aromatic rings. The highest BCUT2D eigenvalue weighted by Gasteiger charge is 2.22. The summed E-state index contributed by atoms with van der Waals surface area (Å²) < 4.78 is 12.1. The van der Waals surface area contributed by atoms with Crippen LogP contribution in [0.5, 0.6) is 11.5 Å². The number of ether oxygens (including phenoxy) is 2. The average molecular weight is 440 g/mol. The second-order valence-corrected chi connectivity index (χ2v) is 8.07. The van der Waals surface area contributed by atoms with Crippen molar-refractivity contribution >= 4 is 23.2 Å². The summed E-state index contributed by atoms with van der Waals surface area (Å²) in [5.74, 6) is -0.697. The number of carboxylic acid groups (broad SMARTS) is 1. The number of benzene rings is 2. The number of carboxylic acids is 1. The molecular formula is C24H25NO5S. The number of hydrogen-bond acceptors (Lipinski definition) is 5. The molecule has 7 heteroatoms. The van der Waals surface area contributed by atoms with Gasteiger partial charge in [-0.25, -0.2) is 0 Å². The van der Waals surface area contributed by atoms with E-state index in [0.29, 0.717) is 17.9 Å². The molecule has 1 aromatic heterocycles. The van der Waals surface area contributed by atoms with Crippen molar-refractivity contribution in [1.82, 2.24) is 0 Å². The van der Waals surface area contributed by atoms with Crippen LogP contribution in [0.2, 0.25) is 0 Å². The lowest BCUT2D eigenvalue weighted by molar-refractivity contribution is -0.137. The molecule has 31 heavy (non-hydrogen) atoms. The summed E-state index contributed by atoms with van der Waals surface area (Å²) in [6.07, 6.45) is -0.378. The lowest BCUT2D eigenvalue weighted by atomic mass is 9.99. The largest absolute Gasteiger partial charge is 0.489 e. The van der Waals surface area contributed by atoms with Gasteiger partial charge in [-0.15, -0.1) is 0 Å². The molecule has 0 spiro atoms. The topological polar surface area (TPSA) is 98.8 Å². The van der Waals surface area contributed by atoms with Crippen molar-refractivity contribution in [3.05, 3.63) is 81.0 Å². The Labute approximate surface area is 185 Å². The molecule has 3 N–H and O–H groups in total. The molecule has 0 aliphatic heterocycles. The van der Waals surface area contributed by atoms with E-state index < -0.39 is 18.0 Å². The third-order valence-corrected chi connectivity index (χ3v) is 5.66. The Kier molecular flexibility index (Phi) is 7.31. The van der Waals surface area contributed by atoms with Crippen molar-refractivity contribution in [2.75, 3.05) is 0 Å². The molecule has 6 nitrogen and oxygen atoms in total. The predicted molar refractivity (Wildman–Crippen MR) is 120 cm³/mol. The van der Waals surface area contributed by atoms with E-state index in [9.17, 15) is 14.7 Å². The number of hydrogen-bond donors (Lipinski definition) is 2. The van der Waals surface area contributed by atoms with Gasteiger partial charge in [-0.05, 0) is 65.4 Å². The first kappa shape index (κ1) is 22.4. The van der Waals surface area contributed by atoms with Crippen LogP contribution < -0.4 is 15.2 Å². The van der Waals surface area contributed by atoms with Crippen LogP contribution >= 0.6 is 11.3 Å². The summed E-state index contributed by atoms with van der Waals surface area (Å²) in [6, 6.07) is 13.0. The molecule has 0 radical (unpaired) electrons. The molecule has 0 saturated carbocycles. The van der Waals surface area contributed by atoms with Gasteiger partial charge in [0.1, 0.15) is 24.2 Å². The van der Waals surface area contributed by atoms with Crippen molar-refractivity contribution < 1.29 is 24.2 Å². The lowest BCUT2D eigenvalue weighted by Crippen LogP contribution is -2.18. The van der Waals surface area contributed by atoms with Gasteiger partial charge in [0.25, 0.3) is 5.91 Å². The Morgan fingerprint density at radius 1 is 1.13 bits per heavy atom. The molecule has 0 bridgehead atoms. The fourth-order valence-corrected chi connectivity index (χ4v) is 4.04. The van der Waals surface area contributed by atoms with Crippen LogP contribution in [-0.4, -0.2) is 17.0 Å². The van der Waals surface area contributed by atoms with Crippen LogP contribution in [0.4, 0.5) is 0 Å². The molecular weight excluding hydrogens is 414 g/mol. The Morgan fingerprint density at radius 3 is 2.55 bits per heavy atom. The van der Waals surface area contributed by atoms with Gasteiger partial charge in [-0.2, -0.15) is 11.3 Å². The van der Waals surface area contributed by atoms with Gasteiger partial charge in [-0.1, -0.05) is 24.3 Å². The van der Waals surface area contributed by atoms with Crippen molar-refractivity contribution in [3.8, 4) is 11.5 Å². The van der Waals surface area contributed by atoms with E-state index in [1.807, 2.05) is 48.0 Å². The Bertz CT molecular complexity index is 1060. The molecule has 0 saturated heterocycles. The summed E-state index contributed by atoms with van der Waals surface area (Å²) in [4.78, 5) is 23.4. The molecule has 0 aliphatic rings. The summed E-state index contributed by atoms with van der Waals surface area (Å²) in [5.41, 5.74) is 9.40. The quantitative estimate of drug-likeness (QED) is 0.462. The molecule has 0 fully saturated rings. The Balaban J connectivity index is 1.95.